The number of benzene rings is 1. The third kappa shape index (κ3) is 2.81. The first-order valence-electron chi connectivity index (χ1n) is 6.15. The molecule has 1 aromatic carbocycles. The molecule has 3 heteroatoms. The van der Waals surface area contributed by atoms with Crippen LogP contribution in [0.25, 0.3) is 0 Å². The van der Waals surface area contributed by atoms with Crippen LogP contribution in [0.3, 0.4) is 0 Å². The molecule has 0 radical (unpaired) electrons. The summed E-state index contributed by atoms with van der Waals surface area (Å²) >= 11 is 3.41. The van der Waals surface area contributed by atoms with Crippen LogP contribution in [-0.2, 0) is 0 Å². The van der Waals surface area contributed by atoms with E-state index in [1.165, 1.54) is 19.3 Å². The second kappa shape index (κ2) is 5.55. The van der Waals surface area contributed by atoms with Gasteiger partial charge in [-0.1, -0.05) is 25.8 Å². The molecule has 1 saturated carbocycles. The standard InChI is InChI=1S/C14H17BrN2/c1-10-4-2-5-11(10)9-17-14-7-3-6-13(15)12(14)8-16/h3,6-7,10-11,17H,2,4-5,9H2,1H3. The van der Waals surface area contributed by atoms with E-state index in [1.807, 2.05) is 18.2 Å². The van der Waals surface area contributed by atoms with Crippen LogP contribution in [0.4, 0.5) is 5.69 Å². The Morgan fingerprint density at radius 3 is 2.94 bits per heavy atom. The molecule has 0 bridgehead atoms. The van der Waals surface area contributed by atoms with Crippen LogP contribution < -0.4 is 5.32 Å². The van der Waals surface area contributed by atoms with E-state index in [9.17, 15) is 0 Å². The SMILES string of the molecule is CC1CCCC1CNc1cccc(Br)c1C#N. The van der Waals surface area contributed by atoms with Gasteiger partial charge in [-0.05, 0) is 46.3 Å². The molecule has 2 rings (SSSR count). The fraction of sp³-hybridized carbons (Fsp3) is 0.500. The molecule has 0 saturated heterocycles. The Bertz CT molecular complexity index is 436. The smallest absolute Gasteiger partial charge is 0.103 e. The summed E-state index contributed by atoms with van der Waals surface area (Å²) in [6, 6.07) is 8.08. The van der Waals surface area contributed by atoms with E-state index < -0.39 is 0 Å². The summed E-state index contributed by atoms with van der Waals surface area (Å²) in [7, 11) is 0. The number of halogens is 1. The predicted octanol–water partition coefficient (Wildman–Crippen LogP) is 4.17. The third-order valence-corrected chi connectivity index (χ3v) is 4.38. The van der Waals surface area contributed by atoms with Gasteiger partial charge in [-0.25, -0.2) is 0 Å². The lowest BCUT2D eigenvalue weighted by molar-refractivity contribution is 0.439. The molecule has 1 aliphatic rings. The Hall–Kier alpha value is -1.01. The largest absolute Gasteiger partial charge is 0.384 e. The highest BCUT2D eigenvalue weighted by Gasteiger charge is 2.23. The van der Waals surface area contributed by atoms with Crippen molar-refractivity contribution in [3.8, 4) is 6.07 Å². The highest BCUT2D eigenvalue weighted by molar-refractivity contribution is 9.10. The molecule has 17 heavy (non-hydrogen) atoms. The number of hydrogen-bond donors (Lipinski definition) is 1. The quantitative estimate of drug-likeness (QED) is 0.908. The molecule has 1 aliphatic carbocycles. The Morgan fingerprint density at radius 2 is 2.29 bits per heavy atom. The maximum atomic E-state index is 9.12. The highest BCUT2D eigenvalue weighted by atomic mass is 79.9. The number of hydrogen-bond acceptors (Lipinski definition) is 2. The van der Waals surface area contributed by atoms with Crippen molar-refractivity contribution in [1.82, 2.24) is 0 Å². The van der Waals surface area contributed by atoms with Gasteiger partial charge in [-0.2, -0.15) is 5.26 Å². The van der Waals surface area contributed by atoms with Gasteiger partial charge >= 0.3 is 0 Å². The van der Waals surface area contributed by atoms with Crippen molar-refractivity contribution in [1.29, 1.82) is 5.26 Å². The summed E-state index contributed by atoms with van der Waals surface area (Å²) in [5, 5.41) is 12.5. The summed E-state index contributed by atoms with van der Waals surface area (Å²) < 4.78 is 0.865. The second-order valence-electron chi connectivity index (χ2n) is 4.82. The topological polar surface area (TPSA) is 35.8 Å². The number of nitrogens with one attached hydrogen (secondary N) is 1. The van der Waals surface area contributed by atoms with Gasteiger partial charge in [0.05, 0.1) is 11.3 Å². The van der Waals surface area contributed by atoms with Gasteiger partial charge in [0.25, 0.3) is 0 Å². The molecule has 2 unspecified atom stereocenters. The number of nitrogens with zero attached hydrogens (tertiary/aromatic N) is 1. The van der Waals surface area contributed by atoms with Crippen LogP contribution >= 0.6 is 15.9 Å². The van der Waals surface area contributed by atoms with Gasteiger partial charge in [-0.3, -0.25) is 0 Å². The molecule has 0 aromatic heterocycles. The minimum Gasteiger partial charge on any atom is -0.384 e. The van der Waals surface area contributed by atoms with Crippen molar-refractivity contribution < 1.29 is 0 Å². The van der Waals surface area contributed by atoms with Crippen molar-refractivity contribution in [3.05, 3.63) is 28.2 Å². The van der Waals surface area contributed by atoms with E-state index in [4.69, 9.17) is 5.26 Å². The molecule has 90 valence electrons. The lowest BCUT2D eigenvalue weighted by atomic mass is 9.98. The molecule has 0 heterocycles. The molecule has 2 nitrogen and oxygen atoms in total. The van der Waals surface area contributed by atoms with E-state index in [1.54, 1.807) is 0 Å². The Labute approximate surface area is 111 Å². The second-order valence-corrected chi connectivity index (χ2v) is 5.68. The van der Waals surface area contributed by atoms with Crippen LogP contribution in [0, 0.1) is 23.2 Å². The first kappa shape index (κ1) is 12.4. The summed E-state index contributed by atoms with van der Waals surface area (Å²) in [5.74, 6) is 1.56. The average molecular weight is 293 g/mol. The molecule has 2 atom stereocenters. The molecule has 1 fully saturated rings. The van der Waals surface area contributed by atoms with Crippen molar-refractivity contribution in [3.63, 3.8) is 0 Å². The van der Waals surface area contributed by atoms with Crippen LogP contribution in [0.15, 0.2) is 22.7 Å². The van der Waals surface area contributed by atoms with Gasteiger partial charge in [0.2, 0.25) is 0 Å². The molecule has 0 spiro atoms. The predicted molar refractivity (Wildman–Crippen MR) is 73.9 cm³/mol. The van der Waals surface area contributed by atoms with Gasteiger partial charge in [0.15, 0.2) is 0 Å². The number of anilines is 1. The van der Waals surface area contributed by atoms with Crippen molar-refractivity contribution in [2.24, 2.45) is 11.8 Å². The monoisotopic (exact) mass is 292 g/mol. The molecule has 1 aromatic rings. The summed E-state index contributed by atoms with van der Waals surface area (Å²) in [6.07, 6.45) is 4.00. The first-order valence-corrected chi connectivity index (χ1v) is 6.94. The fourth-order valence-corrected chi connectivity index (χ4v) is 3.01. The average Bonchev–Trinajstić information content (AvgIpc) is 2.72. The zero-order valence-electron chi connectivity index (χ0n) is 10.0. The molecular weight excluding hydrogens is 276 g/mol. The third-order valence-electron chi connectivity index (χ3n) is 3.72. The Morgan fingerprint density at radius 1 is 1.47 bits per heavy atom. The van der Waals surface area contributed by atoms with Gasteiger partial charge in [0.1, 0.15) is 6.07 Å². The number of rotatable bonds is 3. The maximum Gasteiger partial charge on any atom is 0.103 e. The highest BCUT2D eigenvalue weighted by Crippen LogP contribution is 2.32. The fourth-order valence-electron chi connectivity index (χ4n) is 2.55. The maximum absolute atomic E-state index is 9.12. The van der Waals surface area contributed by atoms with Crippen LogP contribution in [0.2, 0.25) is 0 Å². The zero-order valence-corrected chi connectivity index (χ0v) is 11.6. The summed E-state index contributed by atoms with van der Waals surface area (Å²) in [4.78, 5) is 0. The zero-order chi connectivity index (χ0) is 12.3. The van der Waals surface area contributed by atoms with E-state index in [-0.39, 0.29) is 0 Å². The molecule has 0 aliphatic heterocycles. The summed E-state index contributed by atoms with van der Waals surface area (Å²) in [6.45, 7) is 3.30. The van der Waals surface area contributed by atoms with Crippen LogP contribution in [-0.4, -0.2) is 6.54 Å². The normalized spacial score (nSPS) is 23.4. The Kier molecular flexibility index (Phi) is 4.06. The van der Waals surface area contributed by atoms with Crippen LogP contribution in [0.5, 0.6) is 0 Å². The van der Waals surface area contributed by atoms with E-state index >= 15 is 0 Å². The molecular formula is C14H17BrN2. The van der Waals surface area contributed by atoms with Gasteiger partial charge in [0, 0.05) is 11.0 Å². The minimum absolute atomic E-state index is 0.707. The molecule has 0 amide bonds. The van der Waals surface area contributed by atoms with Gasteiger partial charge < -0.3 is 5.32 Å². The Balaban J connectivity index is 2.04. The summed E-state index contributed by atoms with van der Waals surface area (Å²) in [5.41, 5.74) is 1.65. The van der Waals surface area contributed by atoms with Gasteiger partial charge in [-0.15, -0.1) is 0 Å². The number of nitriles is 1. The lowest BCUT2D eigenvalue weighted by Gasteiger charge is -2.17. The lowest BCUT2D eigenvalue weighted by Crippen LogP contribution is -2.17. The van der Waals surface area contributed by atoms with Crippen molar-refractivity contribution >= 4 is 21.6 Å². The van der Waals surface area contributed by atoms with E-state index in [0.29, 0.717) is 5.56 Å². The van der Waals surface area contributed by atoms with E-state index in [2.05, 4.69) is 34.2 Å². The first-order chi connectivity index (χ1) is 8.22. The van der Waals surface area contributed by atoms with Crippen molar-refractivity contribution in [2.75, 3.05) is 11.9 Å². The minimum atomic E-state index is 0.707. The van der Waals surface area contributed by atoms with E-state index in [0.717, 1.165) is 28.5 Å². The van der Waals surface area contributed by atoms with Crippen molar-refractivity contribution in [2.45, 2.75) is 26.2 Å². The van der Waals surface area contributed by atoms with Crippen LogP contribution in [0.1, 0.15) is 31.7 Å². The molecule has 1 N–H and O–H groups in total.